The zero-order chi connectivity index (χ0) is 40.9. The molecule has 12 nitrogen and oxygen atoms in total. The third kappa shape index (κ3) is 7.25. The lowest BCUT2D eigenvalue weighted by molar-refractivity contribution is -0.179. The molecule has 0 spiro atoms. The first kappa shape index (κ1) is 40.2. The summed E-state index contributed by atoms with van der Waals surface area (Å²) < 4.78 is 44.9. The van der Waals surface area contributed by atoms with Crippen molar-refractivity contribution in [1.82, 2.24) is 9.55 Å². The maximum Gasteiger partial charge on any atom is 0.510 e. The van der Waals surface area contributed by atoms with Crippen LogP contribution in [0.4, 0.5) is 13.6 Å². The molecule has 1 heterocycles. The third-order valence-corrected chi connectivity index (χ3v) is 14.3. The van der Waals surface area contributed by atoms with Crippen molar-refractivity contribution < 1.29 is 47.3 Å². The van der Waals surface area contributed by atoms with Gasteiger partial charge in [0.2, 0.25) is 17.4 Å². The van der Waals surface area contributed by atoms with Crippen LogP contribution in [-0.4, -0.2) is 56.7 Å². The highest BCUT2D eigenvalue weighted by atomic mass is 19.1. The molecule has 9 atom stereocenters. The van der Waals surface area contributed by atoms with Gasteiger partial charge >= 0.3 is 17.8 Å². The minimum atomic E-state index is -1.73. The summed E-state index contributed by atoms with van der Waals surface area (Å²) in [7, 11) is 0. The summed E-state index contributed by atoms with van der Waals surface area (Å²) in [6.45, 7) is 4.32. The van der Waals surface area contributed by atoms with E-state index in [2.05, 4.69) is 6.92 Å². The number of aromatic nitrogens is 2. The Morgan fingerprint density at radius 2 is 1.65 bits per heavy atom. The second-order valence-electron chi connectivity index (χ2n) is 16.9. The van der Waals surface area contributed by atoms with E-state index in [1.807, 2.05) is 25.1 Å². The number of esters is 1. The predicted octanol–water partition coefficient (Wildman–Crippen LogP) is 6.22. The van der Waals surface area contributed by atoms with Gasteiger partial charge in [0, 0.05) is 11.0 Å². The Labute approximate surface area is 327 Å². The summed E-state index contributed by atoms with van der Waals surface area (Å²) in [5.74, 6) is -3.97. The van der Waals surface area contributed by atoms with Crippen molar-refractivity contribution in [3.63, 3.8) is 0 Å². The summed E-state index contributed by atoms with van der Waals surface area (Å²) in [4.78, 5) is 77.0. The number of halogens is 2. The maximum absolute atomic E-state index is 15.1. The van der Waals surface area contributed by atoms with E-state index < -0.39 is 83.0 Å². The summed E-state index contributed by atoms with van der Waals surface area (Å²) in [5.41, 5.74) is -3.23. The molecule has 0 saturated heterocycles. The van der Waals surface area contributed by atoms with Gasteiger partial charge in [0.25, 0.3) is 5.56 Å². The topological polar surface area (TPSA) is 171 Å². The summed E-state index contributed by atoms with van der Waals surface area (Å²) in [5, 5.41) is 12.0. The fourth-order valence-corrected chi connectivity index (χ4v) is 11.0. The highest BCUT2D eigenvalue weighted by molar-refractivity contribution is 6.35. The number of ether oxygens (including phenoxy) is 3. The molecule has 4 fully saturated rings. The van der Waals surface area contributed by atoms with Gasteiger partial charge < -0.3 is 19.3 Å². The molecule has 0 bridgehead atoms. The van der Waals surface area contributed by atoms with E-state index in [-0.39, 0.29) is 29.6 Å². The van der Waals surface area contributed by atoms with E-state index in [9.17, 15) is 38.3 Å². The highest BCUT2D eigenvalue weighted by Gasteiger charge is 2.67. The molecule has 3 aromatic rings. The average molecular weight is 791 g/mol. The first-order chi connectivity index (χ1) is 27.1. The monoisotopic (exact) mass is 790 g/mol. The number of H-pyrrole nitrogens is 1. The normalized spacial score (nSPS) is 30.9. The number of ketones is 2. The van der Waals surface area contributed by atoms with Crippen LogP contribution in [-0.2, 0) is 35.3 Å². The lowest BCUT2D eigenvalue weighted by Gasteiger charge is -2.61. The number of fused-ring (bicyclic) bond motifs is 5. The van der Waals surface area contributed by atoms with Gasteiger partial charge in [-0.15, -0.1) is 0 Å². The van der Waals surface area contributed by atoms with Crippen LogP contribution in [0.5, 0.6) is 0 Å². The van der Waals surface area contributed by atoms with Crippen LogP contribution in [0.25, 0.3) is 11.1 Å². The molecule has 1 unspecified atom stereocenters. The number of hydrogen-bond acceptors (Lipinski definition) is 10. The number of hydrogen-bond donors (Lipinski definition) is 2. The number of aromatic amines is 1. The molecule has 0 aliphatic heterocycles. The van der Waals surface area contributed by atoms with Crippen molar-refractivity contribution in [2.45, 2.75) is 103 Å². The average Bonchev–Trinajstić information content (AvgIpc) is 3.48. The number of aliphatic hydroxyl groups is 1. The van der Waals surface area contributed by atoms with E-state index in [0.29, 0.717) is 59.1 Å². The molecule has 4 aliphatic carbocycles. The molecule has 7 rings (SSSR count). The van der Waals surface area contributed by atoms with Crippen molar-refractivity contribution in [2.24, 2.45) is 34.5 Å². The van der Waals surface area contributed by atoms with Gasteiger partial charge in [0.1, 0.15) is 17.5 Å². The zero-order valence-electron chi connectivity index (χ0n) is 32.3. The molecular weight excluding hydrogens is 742 g/mol. The Balaban J connectivity index is 0.930. The van der Waals surface area contributed by atoms with Crippen LogP contribution in [0.15, 0.2) is 64.3 Å². The summed E-state index contributed by atoms with van der Waals surface area (Å²) >= 11 is 0. The molecule has 1 aromatic heterocycles. The number of benzene rings is 2. The molecule has 57 heavy (non-hydrogen) atoms. The van der Waals surface area contributed by atoms with Crippen LogP contribution in [0.2, 0.25) is 0 Å². The quantitative estimate of drug-likeness (QED) is 0.178. The molecule has 4 aliphatic rings. The Bertz CT molecular complexity index is 2190. The molecule has 2 aromatic carbocycles. The van der Waals surface area contributed by atoms with Gasteiger partial charge in [0.05, 0.1) is 12.1 Å². The Hall–Kier alpha value is -4.98. The Kier molecular flexibility index (Phi) is 10.9. The third-order valence-electron chi connectivity index (χ3n) is 14.3. The SMILES string of the molecule is CC(C(=O)C(=O)O[C@@H]1CC[C@@]2(C)[C@H](CC[C@@H]3[C@@H]2CC[C@@]2(C)[C@H]3CC[C@]2(O)C(=O)COC(=O)OCn2cc(F)c(=O)[nH]c2=O)C1)c1ccc(-c2ccccc2)c(F)c1. The van der Waals surface area contributed by atoms with Crippen molar-refractivity contribution in [3.05, 3.63) is 92.8 Å². The molecule has 2 N–H and O–H groups in total. The standard InChI is InChI=1S/C43H48F2N2O10/c1-24(26-9-11-29(33(44)19-26)25-7-5-4-6-8-25)36(49)38(51)57-28-13-16-41(2)27(20-28)10-12-30-31(41)14-17-42(3)32(30)15-18-43(42,54)35(48)22-55-40(53)56-23-47-21-34(45)37(50)46-39(47)52/h4-9,11,19,21,24,27-28,30-32,54H,10,12-18,20,22-23H2,1-3H3,(H,46,50,52)/t24?,27-,28-,30-,31+,32+,41+,42+,43+/m1/s1. The largest absolute Gasteiger partial charge is 0.510 e. The lowest BCUT2D eigenvalue weighted by Crippen LogP contribution is -2.59. The van der Waals surface area contributed by atoms with Crippen LogP contribution < -0.4 is 11.2 Å². The number of carbonyl (C=O) groups excluding carboxylic acids is 4. The molecule has 0 radical (unpaired) electrons. The Morgan fingerprint density at radius 1 is 0.912 bits per heavy atom. The van der Waals surface area contributed by atoms with Gasteiger partial charge in [-0.1, -0.05) is 63.2 Å². The first-order valence-electron chi connectivity index (χ1n) is 19.7. The highest BCUT2D eigenvalue weighted by Crippen LogP contribution is 2.68. The number of Topliss-reactive ketones (excluding diaryl/α,β-unsaturated/α-hetero) is 2. The molecule has 14 heteroatoms. The second kappa shape index (κ2) is 15.4. The first-order valence-corrected chi connectivity index (χ1v) is 19.7. The van der Waals surface area contributed by atoms with Crippen molar-refractivity contribution in [1.29, 1.82) is 0 Å². The molecule has 304 valence electrons. The van der Waals surface area contributed by atoms with Gasteiger partial charge in [-0.25, -0.2) is 18.8 Å². The van der Waals surface area contributed by atoms with E-state index >= 15 is 4.39 Å². The predicted molar refractivity (Wildman–Crippen MR) is 201 cm³/mol. The summed E-state index contributed by atoms with van der Waals surface area (Å²) in [6.07, 6.45) is 4.88. The van der Waals surface area contributed by atoms with Gasteiger partial charge in [-0.2, -0.15) is 4.39 Å². The second-order valence-corrected chi connectivity index (χ2v) is 16.9. The zero-order valence-corrected chi connectivity index (χ0v) is 32.3. The minimum Gasteiger partial charge on any atom is -0.457 e. The van der Waals surface area contributed by atoms with Crippen molar-refractivity contribution >= 4 is 23.7 Å². The molecular formula is C43H48F2N2O10. The van der Waals surface area contributed by atoms with Gasteiger partial charge in [0.15, 0.2) is 13.3 Å². The maximum atomic E-state index is 15.1. The van der Waals surface area contributed by atoms with Crippen molar-refractivity contribution in [2.75, 3.05) is 6.61 Å². The molecule has 4 saturated carbocycles. The van der Waals surface area contributed by atoms with Crippen LogP contribution >= 0.6 is 0 Å². The lowest BCUT2D eigenvalue weighted by atomic mass is 9.44. The number of nitrogens with zero attached hydrogens (tertiary/aromatic N) is 1. The number of rotatable bonds is 10. The minimum absolute atomic E-state index is 0.0539. The number of nitrogens with one attached hydrogen (secondary N) is 1. The van der Waals surface area contributed by atoms with Crippen LogP contribution in [0.3, 0.4) is 0 Å². The van der Waals surface area contributed by atoms with Crippen LogP contribution in [0, 0.1) is 46.1 Å². The van der Waals surface area contributed by atoms with Crippen molar-refractivity contribution in [3.8, 4) is 11.1 Å². The fraction of sp³-hybridized carbons (Fsp3) is 0.535. The fourth-order valence-electron chi connectivity index (χ4n) is 11.0. The van der Waals surface area contributed by atoms with Gasteiger partial charge in [-0.3, -0.25) is 23.9 Å². The van der Waals surface area contributed by atoms with E-state index in [1.54, 1.807) is 36.2 Å². The smallest absolute Gasteiger partial charge is 0.457 e. The van der Waals surface area contributed by atoms with E-state index in [1.165, 1.54) is 6.07 Å². The Morgan fingerprint density at radius 3 is 2.39 bits per heavy atom. The van der Waals surface area contributed by atoms with Gasteiger partial charge in [-0.05, 0) is 104 Å². The van der Waals surface area contributed by atoms with E-state index in [4.69, 9.17) is 14.2 Å². The summed E-state index contributed by atoms with van der Waals surface area (Å²) in [6, 6.07) is 13.7. The van der Waals surface area contributed by atoms with Crippen LogP contribution in [0.1, 0.15) is 90.0 Å². The van der Waals surface area contributed by atoms with E-state index in [0.717, 1.165) is 25.7 Å². The number of carbonyl (C=O) groups is 4. The molecule has 0 amide bonds.